The molecule has 0 spiro atoms. The Balaban J connectivity index is 1.79. The van der Waals surface area contributed by atoms with Gasteiger partial charge in [0.1, 0.15) is 0 Å². The average molecular weight is 377 g/mol. The number of pyridine rings is 1. The first kappa shape index (κ1) is 19.1. The summed E-state index contributed by atoms with van der Waals surface area (Å²) in [6.45, 7) is 1.85. The number of aryl methyl sites for hydroxylation is 1. The summed E-state index contributed by atoms with van der Waals surface area (Å²) in [7, 11) is 0. The van der Waals surface area contributed by atoms with Gasteiger partial charge in [0.05, 0.1) is 23.7 Å². The maximum atomic E-state index is 12.5. The number of amides is 2. The van der Waals surface area contributed by atoms with Crippen molar-refractivity contribution in [1.29, 1.82) is 0 Å². The van der Waals surface area contributed by atoms with Gasteiger partial charge >= 0.3 is 6.09 Å². The quantitative estimate of drug-likeness (QED) is 0.539. The Bertz CT molecular complexity index is 1020. The molecule has 0 aliphatic rings. The maximum absolute atomic E-state index is 12.5. The second-order valence-electron chi connectivity index (χ2n) is 6.17. The number of rotatable bonds is 5. The lowest BCUT2D eigenvalue weighted by Crippen LogP contribution is -2.15. The minimum absolute atomic E-state index is 0.0640. The fourth-order valence-corrected chi connectivity index (χ4v) is 2.81. The van der Waals surface area contributed by atoms with Crippen molar-refractivity contribution >= 4 is 23.4 Å². The predicted octanol–water partition coefficient (Wildman–Crippen LogP) is 3.89. The highest BCUT2D eigenvalue weighted by Gasteiger charge is 2.11. The van der Waals surface area contributed by atoms with Crippen LogP contribution in [-0.2, 0) is 6.61 Å². The highest BCUT2D eigenvalue weighted by Crippen LogP contribution is 2.24. The topological polar surface area (TPSA) is 112 Å². The normalized spacial score (nSPS) is 10.4. The highest BCUT2D eigenvalue weighted by atomic mass is 16.4. The highest BCUT2D eigenvalue weighted by molar-refractivity contribution is 6.07. The molecule has 28 heavy (non-hydrogen) atoms. The van der Waals surface area contributed by atoms with Crippen LogP contribution in [0.25, 0.3) is 11.3 Å². The number of carbonyl (C=O) groups is 2. The molecule has 2 aromatic carbocycles. The Morgan fingerprint density at radius 2 is 1.64 bits per heavy atom. The van der Waals surface area contributed by atoms with E-state index in [0.29, 0.717) is 16.9 Å². The van der Waals surface area contributed by atoms with Crippen molar-refractivity contribution in [2.24, 2.45) is 0 Å². The molecule has 0 atom stereocenters. The van der Waals surface area contributed by atoms with Crippen LogP contribution in [0.4, 0.5) is 16.2 Å². The molecule has 7 nitrogen and oxygen atoms in total. The summed E-state index contributed by atoms with van der Waals surface area (Å²) < 4.78 is 0. The second-order valence-corrected chi connectivity index (χ2v) is 6.17. The van der Waals surface area contributed by atoms with Crippen LogP contribution in [0.15, 0.2) is 60.8 Å². The molecule has 2 amide bonds. The number of para-hydroxylation sites is 2. The van der Waals surface area contributed by atoms with Crippen molar-refractivity contribution in [2.45, 2.75) is 13.5 Å². The third-order valence-corrected chi connectivity index (χ3v) is 4.15. The van der Waals surface area contributed by atoms with Crippen molar-refractivity contribution in [2.75, 3.05) is 10.6 Å². The summed E-state index contributed by atoms with van der Waals surface area (Å²) in [6, 6.07) is 15.4. The lowest BCUT2D eigenvalue weighted by Gasteiger charge is -2.11. The predicted molar refractivity (Wildman–Crippen MR) is 106 cm³/mol. The van der Waals surface area contributed by atoms with Gasteiger partial charge < -0.3 is 15.5 Å². The third kappa shape index (κ3) is 4.33. The molecule has 0 aliphatic carbocycles. The van der Waals surface area contributed by atoms with E-state index in [9.17, 15) is 14.7 Å². The van der Waals surface area contributed by atoms with Crippen molar-refractivity contribution in [3.8, 4) is 11.3 Å². The molecule has 0 radical (unpaired) electrons. The van der Waals surface area contributed by atoms with Crippen LogP contribution in [0.5, 0.6) is 0 Å². The lowest BCUT2D eigenvalue weighted by molar-refractivity contribution is 0.102. The van der Waals surface area contributed by atoms with Crippen LogP contribution in [0.2, 0.25) is 0 Å². The van der Waals surface area contributed by atoms with E-state index in [-0.39, 0.29) is 12.5 Å². The molecule has 3 rings (SSSR count). The number of benzene rings is 2. The van der Waals surface area contributed by atoms with Gasteiger partial charge in [-0.05, 0) is 42.3 Å². The van der Waals surface area contributed by atoms with Crippen molar-refractivity contribution in [1.82, 2.24) is 4.98 Å². The molecule has 0 saturated heterocycles. The molecule has 7 heteroatoms. The maximum Gasteiger partial charge on any atom is 0.409 e. The van der Waals surface area contributed by atoms with E-state index < -0.39 is 6.09 Å². The number of nitrogens with zero attached hydrogens (tertiary/aromatic N) is 1. The standard InChI is InChI=1S/C21H19N3O4/c1-13-10-14(12-25)11-22-19(13)15-6-8-16(9-7-15)20(26)23-17-4-2-3-5-18(17)24-21(27)28/h2-11,24-25H,12H2,1H3,(H,23,26)(H,27,28). The van der Waals surface area contributed by atoms with Crippen LogP contribution < -0.4 is 10.6 Å². The molecule has 0 unspecified atom stereocenters. The number of nitrogens with one attached hydrogen (secondary N) is 2. The van der Waals surface area contributed by atoms with Gasteiger partial charge in [-0.3, -0.25) is 15.1 Å². The number of hydrogen-bond acceptors (Lipinski definition) is 4. The number of anilines is 2. The van der Waals surface area contributed by atoms with Crippen molar-refractivity contribution in [3.05, 3.63) is 77.5 Å². The van der Waals surface area contributed by atoms with E-state index in [4.69, 9.17) is 5.11 Å². The van der Waals surface area contributed by atoms with E-state index >= 15 is 0 Å². The van der Waals surface area contributed by atoms with Gasteiger partial charge in [-0.2, -0.15) is 0 Å². The summed E-state index contributed by atoms with van der Waals surface area (Å²) in [5.74, 6) is -0.355. The molecule has 3 aromatic rings. The Morgan fingerprint density at radius 3 is 2.21 bits per heavy atom. The number of carbonyl (C=O) groups excluding carboxylic acids is 1. The zero-order chi connectivity index (χ0) is 20.1. The van der Waals surface area contributed by atoms with Crippen LogP contribution in [-0.4, -0.2) is 27.2 Å². The Labute approximate surface area is 161 Å². The summed E-state index contributed by atoms with van der Waals surface area (Å²) in [5, 5.41) is 23.0. The zero-order valence-electron chi connectivity index (χ0n) is 15.1. The molecule has 0 saturated carbocycles. The molecular weight excluding hydrogens is 358 g/mol. The molecule has 0 fully saturated rings. The van der Waals surface area contributed by atoms with Gasteiger partial charge in [0.25, 0.3) is 5.91 Å². The Hall–Kier alpha value is -3.71. The van der Waals surface area contributed by atoms with Crippen LogP contribution in [0.3, 0.4) is 0 Å². The first-order valence-electron chi connectivity index (χ1n) is 8.55. The fraction of sp³-hybridized carbons (Fsp3) is 0.0952. The van der Waals surface area contributed by atoms with Crippen LogP contribution >= 0.6 is 0 Å². The average Bonchev–Trinajstić information content (AvgIpc) is 2.69. The van der Waals surface area contributed by atoms with Crippen molar-refractivity contribution < 1.29 is 19.8 Å². The second kappa shape index (κ2) is 8.32. The van der Waals surface area contributed by atoms with E-state index in [1.807, 2.05) is 13.0 Å². The molecule has 1 heterocycles. The SMILES string of the molecule is Cc1cc(CO)cnc1-c1ccc(C(=O)Nc2ccccc2NC(=O)O)cc1. The lowest BCUT2D eigenvalue weighted by atomic mass is 10.0. The largest absolute Gasteiger partial charge is 0.465 e. The van der Waals surface area contributed by atoms with Gasteiger partial charge in [-0.25, -0.2) is 4.79 Å². The summed E-state index contributed by atoms with van der Waals surface area (Å²) in [4.78, 5) is 27.8. The van der Waals surface area contributed by atoms with Gasteiger partial charge in [-0.1, -0.05) is 30.3 Å². The number of aromatic nitrogens is 1. The van der Waals surface area contributed by atoms with E-state index in [1.165, 1.54) is 0 Å². The summed E-state index contributed by atoms with van der Waals surface area (Å²) in [5.41, 5.74) is 4.40. The number of hydrogen-bond donors (Lipinski definition) is 4. The van der Waals surface area contributed by atoms with E-state index in [1.54, 1.807) is 54.7 Å². The van der Waals surface area contributed by atoms with Gasteiger partial charge in [0, 0.05) is 17.3 Å². The molecule has 0 aliphatic heterocycles. The van der Waals surface area contributed by atoms with Crippen molar-refractivity contribution in [3.63, 3.8) is 0 Å². The summed E-state index contributed by atoms with van der Waals surface area (Å²) in [6.07, 6.45) is 0.413. The van der Waals surface area contributed by atoms with Gasteiger partial charge in [0.2, 0.25) is 0 Å². The first-order chi connectivity index (χ1) is 13.5. The smallest absolute Gasteiger partial charge is 0.409 e. The minimum atomic E-state index is -1.21. The monoisotopic (exact) mass is 377 g/mol. The minimum Gasteiger partial charge on any atom is -0.465 e. The molecular formula is C21H19N3O4. The third-order valence-electron chi connectivity index (χ3n) is 4.15. The van der Waals surface area contributed by atoms with E-state index in [2.05, 4.69) is 15.6 Å². The molecule has 1 aromatic heterocycles. The summed E-state index contributed by atoms with van der Waals surface area (Å²) >= 11 is 0. The first-order valence-corrected chi connectivity index (χ1v) is 8.55. The number of aliphatic hydroxyl groups is 1. The Kier molecular flexibility index (Phi) is 5.67. The Morgan fingerprint density at radius 1 is 1.00 bits per heavy atom. The van der Waals surface area contributed by atoms with Crippen LogP contribution in [0.1, 0.15) is 21.5 Å². The number of aliphatic hydroxyl groups excluding tert-OH is 1. The van der Waals surface area contributed by atoms with Gasteiger partial charge in [0.15, 0.2) is 0 Å². The number of carboxylic acid groups (broad SMARTS) is 1. The molecule has 0 bridgehead atoms. The van der Waals surface area contributed by atoms with E-state index in [0.717, 1.165) is 22.4 Å². The molecule has 142 valence electrons. The van der Waals surface area contributed by atoms with Crippen LogP contribution in [0, 0.1) is 6.92 Å². The zero-order valence-corrected chi connectivity index (χ0v) is 15.1. The van der Waals surface area contributed by atoms with Gasteiger partial charge in [-0.15, -0.1) is 0 Å². The molecule has 4 N–H and O–H groups in total. The fourth-order valence-electron chi connectivity index (χ4n) is 2.81.